The zero-order chi connectivity index (χ0) is 28.7. The van der Waals surface area contributed by atoms with Crippen LogP contribution in [0.3, 0.4) is 0 Å². The molecule has 8 heteroatoms. The van der Waals surface area contributed by atoms with E-state index in [1.165, 1.54) is 13.0 Å². The highest BCUT2D eigenvalue weighted by Crippen LogP contribution is 2.70. The fourth-order valence-electron chi connectivity index (χ4n) is 9.09. The first kappa shape index (κ1) is 29.1. The van der Waals surface area contributed by atoms with Crippen molar-refractivity contribution in [3.63, 3.8) is 0 Å². The van der Waals surface area contributed by atoms with Crippen molar-refractivity contribution in [2.24, 2.45) is 39.4 Å². The number of ketones is 2. The zero-order valence-corrected chi connectivity index (χ0v) is 23.6. The van der Waals surface area contributed by atoms with Crippen LogP contribution >= 0.6 is 0 Å². The van der Waals surface area contributed by atoms with Gasteiger partial charge in [0, 0.05) is 23.0 Å². The van der Waals surface area contributed by atoms with Gasteiger partial charge in [-0.25, -0.2) is 4.79 Å². The number of fused-ring (bicyclic) bond motifs is 4. The van der Waals surface area contributed by atoms with E-state index in [0.29, 0.717) is 30.4 Å². The molecule has 4 aliphatic carbocycles. The van der Waals surface area contributed by atoms with Crippen molar-refractivity contribution < 1.29 is 39.9 Å². The Morgan fingerprint density at radius 3 is 2.29 bits per heavy atom. The minimum Gasteiger partial charge on any atom is -0.478 e. The summed E-state index contributed by atoms with van der Waals surface area (Å²) < 4.78 is 0. The second-order valence-electron chi connectivity index (χ2n) is 13.7. The fourth-order valence-corrected chi connectivity index (χ4v) is 9.09. The monoisotopic (exact) mass is 532 g/mol. The van der Waals surface area contributed by atoms with Crippen LogP contribution in [0.1, 0.15) is 80.6 Å². The lowest BCUT2D eigenvalue weighted by Gasteiger charge is -2.62. The van der Waals surface area contributed by atoms with Crippen molar-refractivity contribution in [3.8, 4) is 0 Å². The number of carbonyl (C=O) groups is 3. The minimum atomic E-state index is -1.48. The maximum absolute atomic E-state index is 14.1. The number of aliphatic hydroxyl groups is 4. The largest absolute Gasteiger partial charge is 0.478 e. The lowest BCUT2D eigenvalue weighted by atomic mass is 9.42. The molecule has 0 aliphatic heterocycles. The molecular weight excluding hydrogens is 488 g/mol. The Morgan fingerprint density at radius 1 is 1.11 bits per heavy atom. The number of carboxylic acid groups (broad SMARTS) is 1. The molecule has 5 N–H and O–H groups in total. The van der Waals surface area contributed by atoms with Crippen molar-refractivity contribution in [1.29, 1.82) is 0 Å². The molecule has 38 heavy (non-hydrogen) atoms. The molecule has 0 aromatic carbocycles. The fraction of sp³-hybridized carbons (Fsp3) is 0.767. The Kier molecular flexibility index (Phi) is 6.96. The van der Waals surface area contributed by atoms with Gasteiger partial charge >= 0.3 is 5.97 Å². The van der Waals surface area contributed by atoms with Gasteiger partial charge in [0.15, 0.2) is 5.78 Å². The first-order chi connectivity index (χ1) is 17.4. The summed E-state index contributed by atoms with van der Waals surface area (Å²) >= 11 is 0. The highest BCUT2D eigenvalue weighted by atomic mass is 16.4. The van der Waals surface area contributed by atoms with Gasteiger partial charge in [-0.3, -0.25) is 9.59 Å². The summed E-state index contributed by atoms with van der Waals surface area (Å²) in [6, 6.07) is 0. The molecular formula is C30H44O8. The van der Waals surface area contributed by atoms with Crippen LogP contribution in [0.4, 0.5) is 0 Å². The number of hydrogen-bond acceptors (Lipinski definition) is 7. The first-order valence-electron chi connectivity index (χ1n) is 13.8. The van der Waals surface area contributed by atoms with Crippen LogP contribution in [-0.4, -0.2) is 67.5 Å². The number of Topliss-reactive ketones (excluding diaryl/α,β-unsaturated/α-hetero) is 2. The molecule has 0 aromatic rings. The van der Waals surface area contributed by atoms with Gasteiger partial charge in [-0.2, -0.15) is 0 Å². The second kappa shape index (κ2) is 9.08. The molecule has 212 valence electrons. The highest BCUT2D eigenvalue weighted by molar-refractivity contribution is 6.07. The summed E-state index contributed by atoms with van der Waals surface area (Å²) in [4.78, 5) is 39.3. The molecule has 2 saturated carbocycles. The third-order valence-electron chi connectivity index (χ3n) is 11.6. The van der Waals surface area contributed by atoms with E-state index in [2.05, 4.69) is 0 Å². The summed E-state index contributed by atoms with van der Waals surface area (Å²) in [6.07, 6.45) is -1.33. The third kappa shape index (κ3) is 3.66. The molecule has 10 atom stereocenters. The van der Waals surface area contributed by atoms with Crippen LogP contribution in [0.15, 0.2) is 22.8 Å². The molecule has 0 aromatic heterocycles. The van der Waals surface area contributed by atoms with Crippen molar-refractivity contribution in [2.45, 2.75) is 105 Å². The van der Waals surface area contributed by atoms with E-state index >= 15 is 0 Å². The molecule has 4 rings (SSSR count). The van der Waals surface area contributed by atoms with Crippen molar-refractivity contribution >= 4 is 17.5 Å². The van der Waals surface area contributed by atoms with E-state index in [1.807, 2.05) is 27.7 Å². The van der Waals surface area contributed by atoms with Crippen LogP contribution in [0.2, 0.25) is 0 Å². The van der Waals surface area contributed by atoms with Gasteiger partial charge < -0.3 is 25.5 Å². The molecule has 2 fully saturated rings. The summed E-state index contributed by atoms with van der Waals surface area (Å²) in [7, 11) is 0. The lowest BCUT2D eigenvalue weighted by molar-refractivity contribution is -0.159. The van der Waals surface area contributed by atoms with Crippen LogP contribution in [0.5, 0.6) is 0 Å². The van der Waals surface area contributed by atoms with Crippen molar-refractivity contribution in [1.82, 2.24) is 0 Å². The Morgan fingerprint density at radius 2 is 1.71 bits per heavy atom. The average Bonchev–Trinajstić information content (AvgIpc) is 3.03. The van der Waals surface area contributed by atoms with E-state index < -0.39 is 63.7 Å². The third-order valence-corrected chi connectivity index (χ3v) is 11.6. The number of hydrogen-bond donors (Lipinski definition) is 5. The Balaban J connectivity index is 1.82. The number of carbonyl (C=O) groups excluding carboxylic acids is 2. The Bertz CT molecular complexity index is 1120. The number of carboxylic acids is 1. The van der Waals surface area contributed by atoms with E-state index in [1.54, 1.807) is 13.8 Å². The van der Waals surface area contributed by atoms with E-state index in [-0.39, 0.29) is 36.0 Å². The predicted octanol–water partition coefficient (Wildman–Crippen LogP) is 2.81. The molecule has 0 spiro atoms. The summed E-state index contributed by atoms with van der Waals surface area (Å²) in [5.74, 6) is -2.72. The van der Waals surface area contributed by atoms with Gasteiger partial charge in [-0.15, -0.1) is 0 Å². The van der Waals surface area contributed by atoms with Crippen molar-refractivity contribution in [2.75, 3.05) is 0 Å². The van der Waals surface area contributed by atoms with Crippen molar-refractivity contribution in [3.05, 3.63) is 22.8 Å². The minimum absolute atomic E-state index is 0.0135. The summed E-state index contributed by atoms with van der Waals surface area (Å²) in [5, 5.41) is 53.9. The van der Waals surface area contributed by atoms with Gasteiger partial charge in [0.2, 0.25) is 0 Å². The van der Waals surface area contributed by atoms with E-state index in [0.717, 1.165) is 0 Å². The topological polar surface area (TPSA) is 152 Å². The maximum Gasteiger partial charge on any atom is 0.331 e. The predicted molar refractivity (Wildman–Crippen MR) is 140 cm³/mol. The van der Waals surface area contributed by atoms with Gasteiger partial charge in [0.25, 0.3) is 0 Å². The molecule has 0 heterocycles. The molecule has 8 nitrogen and oxygen atoms in total. The summed E-state index contributed by atoms with van der Waals surface area (Å²) in [6.45, 7) is 12.7. The first-order valence-corrected chi connectivity index (χ1v) is 13.8. The van der Waals surface area contributed by atoms with Crippen LogP contribution in [0, 0.1) is 39.4 Å². The van der Waals surface area contributed by atoms with Crippen LogP contribution < -0.4 is 0 Å². The lowest BCUT2D eigenvalue weighted by Crippen LogP contribution is -2.64. The molecule has 0 unspecified atom stereocenters. The van der Waals surface area contributed by atoms with Gasteiger partial charge in [-0.05, 0) is 79.8 Å². The Labute approximate surface area is 224 Å². The van der Waals surface area contributed by atoms with Gasteiger partial charge in [-0.1, -0.05) is 34.6 Å². The van der Waals surface area contributed by atoms with Gasteiger partial charge in [0.05, 0.1) is 23.7 Å². The molecule has 0 saturated heterocycles. The average molecular weight is 533 g/mol. The van der Waals surface area contributed by atoms with E-state index in [9.17, 15) is 34.8 Å². The van der Waals surface area contributed by atoms with Crippen LogP contribution in [0.25, 0.3) is 0 Å². The van der Waals surface area contributed by atoms with Crippen LogP contribution in [-0.2, 0) is 14.4 Å². The molecule has 0 bridgehead atoms. The normalized spacial score (nSPS) is 44.3. The Hall–Kier alpha value is -1.87. The smallest absolute Gasteiger partial charge is 0.331 e. The quantitative estimate of drug-likeness (QED) is 0.339. The number of rotatable bonds is 5. The molecule has 4 aliphatic rings. The number of aliphatic hydroxyl groups excluding tert-OH is 4. The summed E-state index contributed by atoms with van der Waals surface area (Å²) in [5.41, 5.74) is -2.93. The SMILES string of the molecule is C/C(=C\[C@@H](O)C[C@@H](C)[C@H]1CC(=O)[C@@]2(C)C3=C(C(=O)[C@@H](O)[C@]12C)[C@@]1(C)CC[C@H](O)C(C)(C)[C@H]1C[C@@H]3O)C(=O)O. The highest BCUT2D eigenvalue weighted by Gasteiger charge is 2.73. The van der Waals surface area contributed by atoms with Gasteiger partial charge in [0.1, 0.15) is 11.9 Å². The number of aliphatic carboxylic acids is 1. The van der Waals surface area contributed by atoms with E-state index in [4.69, 9.17) is 5.11 Å². The maximum atomic E-state index is 14.1. The molecule has 0 radical (unpaired) electrons. The second-order valence-corrected chi connectivity index (χ2v) is 13.7. The zero-order valence-electron chi connectivity index (χ0n) is 23.6. The molecule has 0 amide bonds. The standard InChI is InChI=1S/C30H44O8/c1-14(10-16(31)11-15(2)26(37)38)17-12-21(34)30(7)22-18(32)13-19-27(3,4)20(33)8-9-28(19,5)23(22)24(35)25(36)29(17,30)6/h11,14,16-20,25,31-33,36H,8-10,12-13H2,1-7H3,(H,37,38)/b15-11+/t14-,16+,17-,18+,19-,20+,25-,28+,29+,30+/m1/s1.